The summed E-state index contributed by atoms with van der Waals surface area (Å²) in [5, 5.41) is 9.16. The first-order valence-electron chi connectivity index (χ1n) is 15.9. The quantitative estimate of drug-likeness (QED) is 0.113. The van der Waals surface area contributed by atoms with Gasteiger partial charge in [-0.05, 0) is 91.2 Å². The highest BCUT2D eigenvalue weighted by Crippen LogP contribution is 2.39. The number of benzene rings is 3. The molecule has 1 N–H and O–H groups in total. The number of esters is 1. The number of hydrogen-bond acceptors (Lipinski definition) is 4. The summed E-state index contributed by atoms with van der Waals surface area (Å²) in [5.41, 5.74) is 7.34. The Kier molecular flexibility index (Phi) is 12.3. The second-order valence-electron chi connectivity index (χ2n) is 11.8. The topological polar surface area (TPSA) is 55.8 Å². The van der Waals surface area contributed by atoms with Crippen LogP contribution in [0, 0.1) is 5.92 Å². The number of rotatable bonds is 15. The number of ether oxygens (including phenoxy) is 2. The summed E-state index contributed by atoms with van der Waals surface area (Å²) in [7, 11) is 0. The molecule has 0 saturated heterocycles. The third-order valence-corrected chi connectivity index (χ3v) is 8.57. The van der Waals surface area contributed by atoms with Crippen LogP contribution in [0.4, 0.5) is 0 Å². The first-order chi connectivity index (χ1) is 20.5. The van der Waals surface area contributed by atoms with Crippen molar-refractivity contribution in [3.8, 4) is 28.0 Å². The van der Waals surface area contributed by atoms with Crippen molar-refractivity contribution in [2.75, 3.05) is 19.8 Å². The first-order valence-corrected chi connectivity index (χ1v) is 15.9. The minimum absolute atomic E-state index is 0.158. The largest absolute Gasteiger partial charge is 0.489 e. The van der Waals surface area contributed by atoms with Crippen molar-refractivity contribution in [3.05, 3.63) is 90.0 Å². The number of hydrogen-bond donors (Lipinski definition) is 1. The number of carbonyl (C=O) groups excluding carboxylic acids is 1. The predicted octanol–water partition coefficient (Wildman–Crippen LogP) is 9.30. The van der Waals surface area contributed by atoms with Gasteiger partial charge in [0.25, 0.3) is 0 Å². The van der Waals surface area contributed by atoms with Crippen molar-refractivity contribution in [1.29, 1.82) is 0 Å². The van der Waals surface area contributed by atoms with Crippen LogP contribution in [0.15, 0.2) is 78.9 Å². The molecule has 1 aliphatic rings. The van der Waals surface area contributed by atoms with Crippen LogP contribution in [0.2, 0.25) is 0 Å². The predicted molar refractivity (Wildman–Crippen MR) is 173 cm³/mol. The van der Waals surface area contributed by atoms with E-state index in [2.05, 4.69) is 80.2 Å². The smallest absolute Gasteiger partial charge is 0.333 e. The standard InChI is InChI=1S/C38H48O4/c1-4-5-6-8-29-10-14-31(15-11-29)32-18-20-33(21-19-32)35-22-23-36(34-16-12-30(13-17-34)9-7-24-39)37(27-35)41-25-26-42-38(40)28(2)3/h12-13,16-23,27,29,31,39H,2,4-11,14-15,24-26H2,1,3H3. The van der Waals surface area contributed by atoms with Crippen LogP contribution in [0.25, 0.3) is 22.3 Å². The molecule has 3 aromatic rings. The van der Waals surface area contributed by atoms with Gasteiger partial charge in [-0.1, -0.05) is 99.8 Å². The average Bonchev–Trinajstić information content (AvgIpc) is 3.02. The van der Waals surface area contributed by atoms with Gasteiger partial charge in [-0.15, -0.1) is 0 Å². The Bertz CT molecular complexity index is 1270. The third kappa shape index (κ3) is 9.06. The molecule has 1 aliphatic carbocycles. The molecule has 1 fully saturated rings. The number of aliphatic hydroxyl groups is 1. The molecule has 224 valence electrons. The van der Waals surface area contributed by atoms with Gasteiger partial charge in [-0.3, -0.25) is 0 Å². The van der Waals surface area contributed by atoms with Crippen LogP contribution >= 0.6 is 0 Å². The maximum atomic E-state index is 11.8. The van der Waals surface area contributed by atoms with E-state index >= 15 is 0 Å². The van der Waals surface area contributed by atoms with E-state index in [0.717, 1.165) is 46.8 Å². The fraction of sp³-hybridized carbons (Fsp3) is 0.447. The monoisotopic (exact) mass is 568 g/mol. The summed E-state index contributed by atoms with van der Waals surface area (Å²) in [4.78, 5) is 11.8. The summed E-state index contributed by atoms with van der Waals surface area (Å²) in [6.07, 6.45) is 12.4. The van der Waals surface area contributed by atoms with Crippen LogP contribution < -0.4 is 4.74 Å². The van der Waals surface area contributed by atoms with Gasteiger partial charge in [0.15, 0.2) is 0 Å². The zero-order valence-electron chi connectivity index (χ0n) is 25.6. The van der Waals surface area contributed by atoms with Gasteiger partial charge in [0.05, 0.1) is 0 Å². The van der Waals surface area contributed by atoms with Crippen molar-refractivity contribution in [2.45, 2.75) is 84.0 Å². The Morgan fingerprint density at radius 2 is 1.55 bits per heavy atom. The first kappa shape index (κ1) is 31.6. The van der Waals surface area contributed by atoms with Gasteiger partial charge in [-0.2, -0.15) is 0 Å². The minimum atomic E-state index is -0.406. The molecular formula is C38H48O4. The molecular weight excluding hydrogens is 520 g/mol. The molecule has 0 heterocycles. The van der Waals surface area contributed by atoms with Gasteiger partial charge < -0.3 is 14.6 Å². The normalized spacial score (nSPS) is 16.6. The zero-order valence-corrected chi connectivity index (χ0v) is 25.6. The molecule has 0 atom stereocenters. The lowest BCUT2D eigenvalue weighted by Gasteiger charge is -2.29. The second-order valence-corrected chi connectivity index (χ2v) is 11.8. The van der Waals surface area contributed by atoms with Crippen molar-refractivity contribution < 1.29 is 19.4 Å². The fourth-order valence-electron chi connectivity index (χ4n) is 6.02. The van der Waals surface area contributed by atoms with Crippen LogP contribution in [-0.2, 0) is 16.0 Å². The Balaban J connectivity index is 1.47. The van der Waals surface area contributed by atoms with Crippen molar-refractivity contribution in [3.63, 3.8) is 0 Å². The van der Waals surface area contributed by atoms with Gasteiger partial charge in [-0.25, -0.2) is 4.79 Å². The Morgan fingerprint density at radius 3 is 2.21 bits per heavy atom. The lowest BCUT2D eigenvalue weighted by atomic mass is 9.77. The van der Waals surface area contributed by atoms with E-state index in [4.69, 9.17) is 14.6 Å². The molecule has 0 bridgehead atoms. The lowest BCUT2D eigenvalue weighted by Crippen LogP contribution is -2.13. The average molecular weight is 569 g/mol. The van der Waals surface area contributed by atoms with E-state index in [1.54, 1.807) is 6.92 Å². The molecule has 3 aromatic carbocycles. The summed E-state index contributed by atoms with van der Waals surface area (Å²) in [6.45, 7) is 8.17. The lowest BCUT2D eigenvalue weighted by molar-refractivity contribution is -0.139. The van der Waals surface area contributed by atoms with Crippen LogP contribution in [0.1, 0.15) is 88.7 Å². The second kappa shape index (κ2) is 16.3. The van der Waals surface area contributed by atoms with Crippen molar-refractivity contribution >= 4 is 5.97 Å². The van der Waals surface area contributed by atoms with Gasteiger partial charge >= 0.3 is 5.97 Å². The molecule has 42 heavy (non-hydrogen) atoms. The number of aliphatic hydroxyl groups excluding tert-OH is 1. The molecule has 4 nitrogen and oxygen atoms in total. The van der Waals surface area contributed by atoms with Crippen molar-refractivity contribution in [1.82, 2.24) is 0 Å². The summed E-state index contributed by atoms with van der Waals surface area (Å²) >= 11 is 0. The van der Waals surface area contributed by atoms with E-state index in [1.165, 1.54) is 62.5 Å². The van der Waals surface area contributed by atoms with E-state index in [1.807, 2.05) is 0 Å². The Labute approximate surface area is 252 Å². The molecule has 0 spiro atoms. The van der Waals surface area contributed by atoms with E-state index < -0.39 is 5.97 Å². The third-order valence-electron chi connectivity index (χ3n) is 8.57. The highest BCUT2D eigenvalue weighted by Gasteiger charge is 2.22. The zero-order chi connectivity index (χ0) is 29.7. The van der Waals surface area contributed by atoms with E-state index in [9.17, 15) is 4.79 Å². The minimum Gasteiger partial charge on any atom is -0.489 e. The number of aryl methyl sites for hydroxylation is 1. The maximum absolute atomic E-state index is 11.8. The van der Waals surface area contributed by atoms with Gasteiger partial charge in [0.1, 0.15) is 19.0 Å². The Hall–Kier alpha value is -3.37. The highest BCUT2D eigenvalue weighted by atomic mass is 16.6. The molecule has 0 aromatic heterocycles. The highest BCUT2D eigenvalue weighted by molar-refractivity contribution is 5.86. The van der Waals surface area contributed by atoms with Crippen LogP contribution in [-0.4, -0.2) is 30.9 Å². The SMILES string of the molecule is C=C(C)C(=O)OCCOc1cc(-c2ccc(C3CCC(CCCCC)CC3)cc2)ccc1-c1ccc(CCCO)cc1. The summed E-state index contributed by atoms with van der Waals surface area (Å²) in [6, 6.07) is 23.9. The van der Waals surface area contributed by atoms with Gasteiger partial charge in [0, 0.05) is 17.7 Å². The van der Waals surface area contributed by atoms with Crippen LogP contribution in [0.3, 0.4) is 0 Å². The van der Waals surface area contributed by atoms with Gasteiger partial charge in [0.2, 0.25) is 0 Å². The molecule has 4 heteroatoms. The van der Waals surface area contributed by atoms with Crippen LogP contribution in [0.5, 0.6) is 5.75 Å². The molecule has 0 aliphatic heterocycles. The summed E-state index contributed by atoms with van der Waals surface area (Å²) in [5.74, 6) is 1.94. The fourth-order valence-corrected chi connectivity index (χ4v) is 6.02. The Morgan fingerprint density at radius 1 is 0.857 bits per heavy atom. The molecule has 0 amide bonds. The summed E-state index contributed by atoms with van der Waals surface area (Å²) < 4.78 is 11.5. The number of carbonyl (C=O) groups is 1. The maximum Gasteiger partial charge on any atom is 0.333 e. The van der Waals surface area contributed by atoms with E-state index in [-0.39, 0.29) is 19.8 Å². The molecule has 1 saturated carbocycles. The molecule has 0 radical (unpaired) electrons. The molecule has 0 unspecified atom stereocenters. The molecule has 4 rings (SSSR count). The number of unbranched alkanes of at least 4 members (excludes halogenated alkanes) is 2. The van der Waals surface area contributed by atoms with E-state index in [0.29, 0.717) is 11.5 Å². The van der Waals surface area contributed by atoms with Crippen molar-refractivity contribution in [2.24, 2.45) is 5.92 Å².